The van der Waals surface area contributed by atoms with E-state index in [1.54, 1.807) is 32.2 Å². The van der Waals surface area contributed by atoms with Gasteiger partial charge >= 0.3 is 6.09 Å². The minimum Gasteiger partial charge on any atom is -0.497 e. The van der Waals surface area contributed by atoms with Crippen molar-refractivity contribution in [3.63, 3.8) is 0 Å². The zero-order valence-electron chi connectivity index (χ0n) is 9.57. The van der Waals surface area contributed by atoms with Crippen LogP contribution < -0.4 is 14.8 Å². The second-order valence-electron chi connectivity index (χ2n) is 2.91. The highest BCUT2D eigenvalue weighted by Crippen LogP contribution is 2.28. The quantitative estimate of drug-likeness (QED) is 0.854. The molecule has 0 aliphatic heterocycles. The van der Waals surface area contributed by atoms with Gasteiger partial charge in [-0.2, -0.15) is 0 Å². The van der Waals surface area contributed by atoms with E-state index < -0.39 is 6.09 Å². The van der Waals surface area contributed by atoms with Crippen LogP contribution in [-0.2, 0) is 4.74 Å². The summed E-state index contributed by atoms with van der Waals surface area (Å²) in [4.78, 5) is 11.3. The Hall–Kier alpha value is -1.91. The molecule has 1 N–H and O–H groups in total. The Morgan fingerprint density at radius 3 is 2.62 bits per heavy atom. The summed E-state index contributed by atoms with van der Waals surface area (Å²) in [6, 6.07) is 5.12. The molecular weight excluding hydrogens is 210 g/mol. The largest absolute Gasteiger partial charge is 0.497 e. The van der Waals surface area contributed by atoms with Crippen molar-refractivity contribution in [2.45, 2.75) is 6.92 Å². The fourth-order valence-electron chi connectivity index (χ4n) is 1.19. The third-order valence-electron chi connectivity index (χ3n) is 1.92. The molecule has 1 aromatic rings. The minimum atomic E-state index is -0.519. The molecule has 0 spiro atoms. The first-order valence-corrected chi connectivity index (χ1v) is 4.87. The number of anilines is 1. The molecule has 1 amide bonds. The van der Waals surface area contributed by atoms with Gasteiger partial charge in [-0.3, -0.25) is 5.32 Å². The van der Waals surface area contributed by atoms with Crippen LogP contribution >= 0.6 is 0 Å². The van der Waals surface area contributed by atoms with E-state index in [9.17, 15) is 4.79 Å². The van der Waals surface area contributed by atoms with Crippen molar-refractivity contribution in [3.05, 3.63) is 18.2 Å². The van der Waals surface area contributed by atoms with E-state index >= 15 is 0 Å². The first-order valence-electron chi connectivity index (χ1n) is 4.87. The number of methoxy groups -OCH3 is 2. The van der Waals surface area contributed by atoms with E-state index in [0.29, 0.717) is 23.8 Å². The Morgan fingerprint density at radius 1 is 1.31 bits per heavy atom. The fourth-order valence-corrected chi connectivity index (χ4v) is 1.19. The van der Waals surface area contributed by atoms with Crippen molar-refractivity contribution in [2.24, 2.45) is 0 Å². The smallest absolute Gasteiger partial charge is 0.411 e. The van der Waals surface area contributed by atoms with Gasteiger partial charge in [0.15, 0.2) is 0 Å². The lowest BCUT2D eigenvalue weighted by atomic mass is 10.2. The van der Waals surface area contributed by atoms with Crippen molar-refractivity contribution in [3.8, 4) is 11.5 Å². The van der Waals surface area contributed by atoms with E-state index in [4.69, 9.17) is 14.2 Å². The van der Waals surface area contributed by atoms with Gasteiger partial charge in [0.25, 0.3) is 0 Å². The van der Waals surface area contributed by atoms with E-state index in [2.05, 4.69) is 5.32 Å². The third kappa shape index (κ3) is 3.05. The molecule has 0 aliphatic rings. The van der Waals surface area contributed by atoms with Crippen LogP contribution in [0.15, 0.2) is 18.2 Å². The molecule has 5 nitrogen and oxygen atoms in total. The summed E-state index contributed by atoms with van der Waals surface area (Å²) >= 11 is 0. The van der Waals surface area contributed by atoms with Crippen LogP contribution in [0.4, 0.5) is 10.5 Å². The number of benzene rings is 1. The fraction of sp³-hybridized carbons (Fsp3) is 0.364. The Kier molecular flexibility index (Phi) is 4.44. The van der Waals surface area contributed by atoms with Gasteiger partial charge in [0.05, 0.1) is 26.5 Å². The third-order valence-corrected chi connectivity index (χ3v) is 1.92. The average molecular weight is 225 g/mol. The van der Waals surface area contributed by atoms with Crippen molar-refractivity contribution >= 4 is 11.8 Å². The number of rotatable bonds is 4. The molecule has 0 bridgehead atoms. The van der Waals surface area contributed by atoms with Crippen molar-refractivity contribution < 1.29 is 19.0 Å². The van der Waals surface area contributed by atoms with Gasteiger partial charge in [0.1, 0.15) is 11.5 Å². The van der Waals surface area contributed by atoms with Crippen LogP contribution in [0.1, 0.15) is 6.92 Å². The molecule has 0 heterocycles. The Balaban J connectivity index is 2.86. The Bertz CT molecular complexity index is 365. The van der Waals surface area contributed by atoms with Crippen molar-refractivity contribution in [1.82, 2.24) is 0 Å². The standard InChI is InChI=1S/C11H15NO4/c1-4-16-11(13)12-9-7-8(14-2)5-6-10(9)15-3/h5-7H,4H2,1-3H3,(H,12,13). The summed E-state index contributed by atoms with van der Waals surface area (Å²) in [5.74, 6) is 1.18. The number of carbonyl (C=O) groups is 1. The molecule has 0 aliphatic carbocycles. The minimum absolute atomic E-state index is 0.318. The monoisotopic (exact) mass is 225 g/mol. The molecule has 0 radical (unpaired) electrons. The van der Waals surface area contributed by atoms with E-state index in [-0.39, 0.29) is 0 Å². The van der Waals surface area contributed by atoms with Gasteiger partial charge < -0.3 is 14.2 Å². The number of ether oxygens (including phenoxy) is 3. The number of carbonyl (C=O) groups excluding carboxylic acids is 1. The molecule has 1 rings (SSSR count). The summed E-state index contributed by atoms with van der Waals surface area (Å²) < 4.78 is 14.9. The van der Waals surface area contributed by atoms with Gasteiger partial charge in [0, 0.05) is 6.07 Å². The predicted octanol–water partition coefficient (Wildman–Crippen LogP) is 2.27. The number of hydrogen-bond donors (Lipinski definition) is 1. The summed E-state index contributed by atoms with van der Waals surface area (Å²) in [6.07, 6.45) is -0.519. The Labute approximate surface area is 94.3 Å². The molecule has 0 unspecified atom stereocenters. The van der Waals surface area contributed by atoms with Gasteiger partial charge in [-0.1, -0.05) is 0 Å². The Morgan fingerprint density at radius 2 is 2.06 bits per heavy atom. The molecule has 0 aromatic heterocycles. The molecule has 0 fully saturated rings. The van der Waals surface area contributed by atoms with E-state index in [0.717, 1.165) is 0 Å². The number of nitrogens with one attached hydrogen (secondary N) is 1. The second kappa shape index (κ2) is 5.85. The second-order valence-corrected chi connectivity index (χ2v) is 2.91. The number of amides is 1. The first kappa shape index (κ1) is 12.2. The molecule has 5 heteroatoms. The SMILES string of the molecule is CCOC(=O)Nc1cc(OC)ccc1OC. The highest BCUT2D eigenvalue weighted by molar-refractivity contribution is 5.87. The van der Waals surface area contributed by atoms with E-state index in [1.807, 2.05) is 0 Å². The molecular formula is C11H15NO4. The predicted molar refractivity (Wildman–Crippen MR) is 60.2 cm³/mol. The lowest BCUT2D eigenvalue weighted by Gasteiger charge is -2.11. The normalized spacial score (nSPS) is 9.44. The van der Waals surface area contributed by atoms with Crippen molar-refractivity contribution in [2.75, 3.05) is 26.1 Å². The molecule has 16 heavy (non-hydrogen) atoms. The molecule has 88 valence electrons. The van der Waals surface area contributed by atoms with Gasteiger partial charge in [-0.05, 0) is 19.1 Å². The van der Waals surface area contributed by atoms with Gasteiger partial charge in [-0.25, -0.2) is 4.79 Å². The van der Waals surface area contributed by atoms with E-state index in [1.165, 1.54) is 7.11 Å². The maximum Gasteiger partial charge on any atom is 0.411 e. The average Bonchev–Trinajstić information content (AvgIpc) is 2.29. The lowest BCUT2D eigenvalue weighted by Crippen LogP contribution is -2.14. The highest BCUT2D eigenvalue weighted by Gasteiger charge is 2.08. The highest BCUT2D eigenvalue weighted by atomic mass is 16.5. The van der Waals surface area contributed by atoms with Crippen LogP contribution in [0.3, 0.4) is 0 Å². The zero-order chi connectivity index (χ0) is 12.0. The van der Waals surface area contributed by atoms with Crippen molar-refractivity contribution in [1.29, 1.82) is 0 Å². The van der Waals surface area contributed by atoms with Crippen LogP contribution in [0.5, 0.6) is 11.5 Å². The lowest BCUT2D eigenvalue weighted by molar-refractivity contribution is 0.168. The number of hydrogen-bond acceptors (Lipinski definition) is 4. The molecule has 0 saturated carbocycles. The topological polar surface area (TPSA) is 56.8 Å². The summed E-state index contributed by atoms with van der Waals surface area (Å²) in [6.45, 7) is 2.06. The van der Waals surface area contributed by atoms with Crippen LogP contribution in [0, 0.1) is 0 Å². The molecule has 0 atom stereocenters. The van der Waals surface area contributed by atoms with Crippen LogP contribution in [-0.4, -0.2) is 26.9 Å². The summed E-state index contributed by atoms with van der Waals surface area (Å²) in [5.41, 5.74) is 0.514. The van der Waals surface area contributed by atoms with Crippen LogP contribution in [0.2, 0.25) is 0 Å². The summed E-state index contributed by atoms with van der Waals surface area (Å²) in [7, 11) is 3.08. The maximum absolute atomic E-state index is 11.3. The molecule has 1 aromatic carbocycles. The van der Waals surface area contributed by atoms with Crippen LogP contribution in [0.25, 0.3) is 0 Å². The summed E-state index contributed by atoms with van der Waals surface area (Å²) in [5, 5.41) is 2.57. The maximum atomic E-state index is 11.3. The van der Waals surface area contributed by atoms with Gasteiger partial charge in [-0.15, -0.1) is 0 Å². The molecule has 0 saturated heterocycles. The first-order chi connectivity index (χ1) is 7.71. The zero-order valence-corrected chi connectivity index (χ0v) is 9.57. The van der Waals surface area contributed by atoms with Gasteiger partial charge in [0.2, 0.25) is 0 Å².